The summed E-state index contributed by atoms with van der Waals surface area (Å²) in [7, 11) is 1.83. The average molecular weight is 240 g/mol. The number of nitrogens with one attached hydrogen (secondary N) is 1. The number of thioether (sulfide) groups is 1. The number of rotatable bonds is 3. The number of furan rings is 1. The fourth-order valence-corrected chi connectivity index (χ4v) is 2.65. The summed E-state index contributed by atoms with van der Waals surface area (Å²) in [5.74, 6) is 2.12. The molecule has 0 spiro atoms. The van der Waals surface area contributed by atoms with Gasteiger partial charge in [0.15, 0.2) is 0 Å². The standard InChI is InChI=1S/C11H16N2O2S/c1-13(6-9-2-4-15-7-9)11(14)10-8-16-5-3-12-10/h2,4,7,10,12H,3,5-6,8H2,1H3. The highest BCUT2D eigenvalue weighted by atomic mass is 32.2. The van der Waals surface area contributed by atoms with E-state index in [0.717, 1.165) is 23.6 Å². The molecule has 88 valence electrons. The summed E-state index contributed by atoms with van der Waals surface area (Å²) < 4.78 is 4.98. The Kier molecular flexibility index (Phi) is 3.90. The average Bonchev–Trinajstić information content (AvgIpc) is 2.82. The van der Waals surface area contributed by atoms with Crippen LogP contribution in [0.4, 0.5) is 0 Å². The van der Waals surface area contributed by atoms with E-state index in [1.54, 1.807) is 17.4 Å². The van der Waals surface area contributed by atoms with Gasteiger partial charge in [0.2, 0.25) is 5.91 Å². The van der Waals surface area contributed by atoms with Crippen LogP contribution in [-0.4, -0.2) is 41.9 Å². The second-order valence-electron chi connectivity index (χ2n) is 3.91. The van der Waals surface area contributed by atoms with E-state index >= 15 is 0 Å². The predicted molar refractivity (Wildman–Crippen MR) is 64.3 cm³/mol. The molecule has 2 heterocycles. The van der Waals surface area contributed by atoms with E-state index in [1.807, 2.05) is 24.9 Å². The van der Waals surface area contributed by atoms with Gasteiger partial charge in [0, 0.05) is 37.2 Å². The van der Waals surface area contributed by atoms with E-state index in [-0.39, 0.29) is 11.9 Å². The van der Waals surface area contributed by atoms with Crippen LogP contribution < -0.4 is 5.32 Å². The lowest BCUT2D eigenvalue weighted by Gasteiger charge is -2.26. The molecular formula is C11H16N2O2S. The third-order valence-electron chi connectivity index (χ3n) is 2.60. The maximum absolute atomic E-state index is 12.0. The van der Waals surface area contributed by atoms with Crippen LogP contribution in [-0.2, 0) is 11.3 Å². The van der Waals surface area contributed by atoms with E-state index in [4.69, 9.17) is 4.42 Å². The Labute approximate surface area is 99.4 Å². The van der Waals surface area contributed by atoms with Crippen LogP contribution in [0.15, 0.2) is 23.0 Å². The summed E-state index contributed by atoms with van der Waals surface area (Å²) in [6, 6.07) is 1.85. The Morgan fingerprint density at radius 3 is 3.25 bits per heavy atom. The van der Waals surface area contributed by atoms with Crippen LogP contribution >= 0.6 is 11.8 Å². The third-order valence-corrected chi connectivity index (χ3v) is 3.66. The normalized spacial score (nSPS) is 20.7. The molecule has 0 bridgehead atoms. The van der Waals surface area contributed by atoms with Crippen LogP contribution in [0, 0.1) is 0 Å². The predicted octanol–water partition coefficient (Wildman–Crippen LogP) is 0.943. The molecule has 0 aliphatic carbocycles. The van der Waals surface area contributed by atoms with Crippen LogP contribution in [0.25, 0.3) is 0 Å². The highest BCUT2D eigenvalue weighted by molar-refractivity contribution is 7.99. The van der Waals surface area contributed by atoms with Crippen LogP contribution in [0.5, 0.6) is 0 Å². The molecule has 1 fully saturated rings. The fourth-order valence-electron chi connectivity index (χ4n) is 1.72. The number of amides is 1. The molecule has 1 amide bonds. The van der Waals surface area contributed by atoms with Crippen molar-refractivity contribution in [3.63, 3.8) is 0 Å². The number of nitrogens with zero attached hydrogens (tertiary/aromatic N) is 1. The number of carbonyl (C=O) groups excluding carboxylic acids is 1. The minimum atomic E-state index is -0.0318. The maximum atomic E-state index is 12.0. The Hall–Kier alpha value is -0.940. The summed E-state index contributed by atoms with van der Waals surface area (Å²) in [5, 5.41) is 3.24. The third kappa shape index (κ3) is 2.80. The van der Waals surface area contributed by atoms with Crippen molar-refractivity contribution in [3.05, 3.63) is 24.2 Å². The maximum Gasteiger partial charge on any atom is 0.240 e. The Bertz CT molecular complexity index is 334. The summed E-state index contributed by atoms with van der Waals surface area (Å²) >= 11 is 1.83. The van der Waals surface area contributed by atoms with E-state index in [1.165, 1.54) is 0 Å². The molecule has 1 aliphatic heterocycles. The van der Waals surface area contributed by atoms with Crippen molar-refractivity contribution >= 4 is 17.7 Å². The highest BCUT2D eigenvalue weighted by Crippen LogP contribution is 2.11. The number of hydrogen-bond donors (Lipinski definition) is 1. The molecule has 0 radical (unpaired) electrons. The first kappa shape index (κ1) is 11.5. The minimum absolute atomic E-state index is 0.0318. The molecule has 4 nitrogen and oxygen atoms in total. The lowest BCUT2D eigenvalue weighted by molar-refractivity contribution is -0.132. The van der Waals surface area contributed by atoms with Gasteiger partial charge >= 0.3 is 0 Å². The van der Waals surface area contributed by atoms with Gasteiger partial charge in [-0.3, -0.25) is 4.79 Å². The molecule has 0 saturated carbocycles. The summed E-state index contributed by atoms with van der Waals surface area (Å²) in [6.07, 6.45) is 3.30. The van der Waals surface area contributed by atoms with Gasteiger partial charge in [-0.1, -0.05) is 0 Å². The van der Waals surface area contributed by atoms with Gasteiger partial charge in [-0.15, -0.1) is 0 Å². The van der Waals surface area contributed by atoms with Crippen LogP contribution in [0.1, 0.15) is 5.56 Å². The Balaban J connectivity index is 1.88. The smallest absolute Gasteiger partial charge is 0.240 e. The van der Waals surface area contributed by atoms with Gasteiger partial charge in [-0.05, 0) is 6.07 Å². The van der Waals surface area contributed by atoms with Gasteiger partial charge in [0.1, 0.15) is 0 Å². The zero-order valence-corrected chi connectivity index (χ0v) is 10.1. The second-order valence-corrected chi connectivity index (χ2v) is 5.06. The molecule has 1 atom stereocenters. The summed E-state index contributed by atoms with van der Waals surface area (Å²) in [4.78, 5) is 13.8. The van der Waals surface area contributed by atoms with Crippen LogP contribution in [0.3, 0.4) is 0 Å². The van der Waals surface area contributed by atoms with Gasteiger partial charge in [-0.25, -0.2) is 0 Å². The van der Waals surface area contributed by atoms with Crippen molar-refractivity contribution in [3.8, 4) is 0 Å². The summed E-state index contributed by atoms with van der Waals surface area (Å²) in [6.45, 7) is 1.53. The van der Waals surface area contributed by atoms with Crippen molar-refractivity contribution in [2.75, 3.05) is 25.1 Å². The molecule has 1 aliphatic rings. The molecule has 1 aromatic heterocycles. The van der Waals surface area contributed by atoms with Crippen molar-refractivity contribution in [1.29, 1.82) is 0 Å². The highest BCUT2D eigenvalue weighted by Gasteiger charge is 2.23. The van der Waals surface area contributed by atoms with Gasteiger partial charge in [-0.2, -0.15) is 11.8 Å². The fraction of sp³-hybridized carbons (Fsp3) is 0.545. The summed E-state index contributed by atoms with van der Waals surface area (Å²) in [5.41, 5.74) is 1.03. The largest absolute Gasteiger partial charge is 0.472 e. The molecule has 1 N–H and O–H groups in total. The van der Waals surface area contributed by atoms with E-state index in [0.29, 0.717) is 6.54 Å². The first-order valence-corrected chi connectivity index (χ1v) is 6.50. The topological polar surface area (TPSA) is 45.5 Å². The lowest BCUT2D eigenvalue weighted by atomic mass is 10.2. The SMILES string of the molecule is CN(Cc1ccoc1)C(=O)C1CSCCN1. The van der Waals surface area contributed by atoms with Crippen molar-refractivity contribution in [2.45, 2.75) is 12.6 Å². The van der Waals surface area contributed by atoms with E-state index in [2.05, 4.69) is 5.32 Å². The molecule has 2 rings (SSSR count). The monoisotopic (exact) mass is 240 g/mol. The van der Waals surface area contributed by atoms with Crippen LogP contribution in [0.2, 0.25) is 0 Å². The molecular weight excluding hydrogens is 224 g/mol. The van der Waals surface area contributed by atoms with E-state index < -0.39 is 0 Å². The first-order chi connectivity index (χ1) is 7.77. The number of likely N-dealkylation sites (N-methyl/N-ethyl adjacent to an activating group) is 1. The lowest BCUT2D eigenvalue weighted by Crippen LogP contribution is -2.49. The van der Waals surface area contributed by atoms with Crippen molar-refractivity contribution in [1.82, 2.24) is 10.2 Å². The van der Waals surface area contributed by atoms with Gasteiger partial charge in [0.25, 0.3) is 0 Å². The number of carbonyl (C=O) groups is 1. The second kappa shape index (κ2) is 5.41. The zero-order valence-electron chi connectivity index (χ0n) is 9.31. The molecule has 1 saturated heterocycles. The number of hydrogen-bond acceptors (Lipinski definition) is 4. The Morgan fingerprint density at radius 2 is 2.62 bits per heavy atom. The van der Waals surface area contributed by atoms with Crippen molar-refractivity contribution in [2.24, 2.45) is 0 Å². The zero-order chi connectivity index (χ0) is 11.4. The molecule has 16 heavy (non-hydrogen) atoms. The minimum Gasteiger partial charge on any atom is -0.472 e. The molecule has 5 heteroatoms. The van der Waals surface area contributed by atoms with Crippen molar-refractivity contribution < 1.29 is 9.21 Å². The van der Waals surface area contributed by atoms with Gasteiger partial charge < -0.3 is 14.6 Å². The first-order valence-electron chi connectivity index (χ1n) is 5.34. The molecule has 0 aromatic carbocycles. The van der Waals surface area contributed by atoms with E-state index in [9.17, 15) is 4.79 Å². The molecule has 1 unspecified atom stereocenters. The molecule has 1 aromatic rings. The Morgan fingerprint density at radius 1 is 1.75 bits per heavy atom. The van der Waals surface area contributed by atoms with Gasteiger partial charge in [0.05, 0.1) is 18.6 Å². The quantitative estimate of drug-likeness (QED) is 0.854.